The minimum absolute atomic E-state index is 0.0395. The summed E-state index contributed by atoms with van der Waals surface area (Å²) >= 11 is 2.39. The van der Waals surface area contributed by atoms with Gasteiger partial charge in [-0.3, -0.25) is 5.84 Å². The highest BCUT2D eigenvalue weighted by Gasteiger charge is 2.15. The number of aryl methyl sites for hydroxylation is 2. The molecule has 2 aromatic carbocycles. The number of nitrogens with two attached hydrogens (primary N) is 1. The fourth-order valence-electron chi connectivity index (χ4n) is 2.20. The van der Waals surface area contributed by atoms with E-state index in [4.69, 9.17) is 5.84 Å². The normalized spacial score (nSPS) is 12.4. The molecule has 0 fully saturated rings. The molecule has 100 valence electrons. The SMILES string of the molecule is CCc1ccc(C(NN)c2cccc(C)c2I)cc1. The molecule has 2 aromatic rings. The molecule has 0 saturated heterocycles. The maximum Gasteiger partial charge on any atom is 0.0720 e. The van der Waals surface area contributed by atoms with Crippen molar-refractivity contribution in [2.45, 2.75) is 26.3 Å². The molecule has 3 N–H and O–H groups in total. The minimum atomic E-state index is 0.0395. The number of halogens is 1. The summed E-state index contributed by atoms with van der Waals surface area (Å²) in [5, 5.41) is 0. The Morgan fingerprint density at radius 2 is 1.84 bits per heavy atom. The second-order valence-electron chi connectivity index (χ2n) is 4.67. The average Bonchev–Trinajstić information content (AvgIpc) is 2.45. The van der Waals surface area contributed by atoms with Gasteiger partial charge in [-0.05, 0) is 58.2 Å². The van der Waals surface area contributed by atoms with Gasteiger partial charge >= 0.3 is 0 Å². The van der Waals surface area contributed by atoms with Gasteiger partial charge in [0.15, 0.2) is 0 Å². The van der Waals surface area contributed by atoms with Crippen molar-refractivity contribution in [2.75, 3.05) is 0 Å². The maximum atomic E-state index is 5.77. The average molecular weight is 366 g/mol. The van der Waals surface area contributed by atoms with Crippen molar-refractivity contribution in [1.29, 1.82) is 0 Å². The van der Waals surface area contributed by atoms with E-state index in [9.17, 15) is 0 Å². The van der Waals surface area contributed by atoms with Gasteiger partial charge in [0, 0.05) is 3.57 Å². The Morgan fingerprint density at radius 1 is 1.16 bits per heavy atom. The van der Waals surface area contributed by atoms with Gasteiger partial charge in [0.2, 0.25) is 0 Å². The molecule has 1 atom stereocenters. The van der Waals surface area contributed by atoms with E-state index < -0.39 is 0 Å². The Labute approximate surface area is 128 Å². The van der Waals surface area contributed by atoms with Crippen LogP contribution in [0, 0.1) is 10.5 Å². The Bertz CT molecular complexity index is 549. The van der Waals surface area contributed by atoms with Gasteiger partial charge in [0.1, 0.15) is 0 Å². The highest BCUT2D eigenvalue weighted by molar-refractivity contribution is 14.1. The first-order valence-electron chi connectivity index (χ1n) is 6.47. The number of hydrogen-bond donors (Lipinski definition) is 2. The number of nitrogens with one attached hydrogen (secondary N) is 1. The standard InChI is InChI=1S/C16H19IN2/c1-3-12-7-9-13(10-8-12)16(19-18)14-6-4-5-11(2)15(14)17/h4-10,16,19H,3,18H2,1-2H3. The molecule has 0 amide bonds. The summed E-state index contributed by atoms with van der Waals surface area (Å²) in [6.07, 6.45) is 1.06. The van der Waals surface area contributed by atoms with Crippen LogP contribution in [0.1, 0.15) is 35.2 Å². The van der Waals surface area contributed by atoms with E-state index in [1.165, 1.54) is 25.8 Å². The van der Waals surface area contributed by atoms with Crippen LogP contribution in [0.5, 0.6) is 0 Å². The van der Waals surface area contributed by atoms with Crippen LogP contribution in [0.15, 0.2) is 42.5 Å². The first kappa shape index (κ1) is 14.5. The zero-order valence-corrected chi connectivity index (χ0v) is 13.4. The third kappa shape index (κ3) is 3.16. The van der Waals surface area contributed by atoms with Gasteiger partial charge in [-0.25, -0.2) is 5.43 Å². The molecule has 0 saturated carbocycles. The van der Waals surface area contributed by atoms with Crippen molar-refractivity contribution < 1.29 is 0 Å². The lowest BCUT2D eigenvalue weighted by Gasteiger charge is -2.19. The lowest BCUT2D eigenvalue weighted by Crippen LogP contribution is -2.29. The van der Waals surface area contributed by atoms with Gasteiger partial charge in [0.05, 0.1) is 6.04 Å². The lowest BCUT2D eigenvalue weighted by molar-refractivity contribution is 0.633. The van der Waals surface area contributed by atoms with Crippen LogP contribution in [0.2, 0.25) is 0 Å². The van der Waals surface area contributed by atoms with Gasteiger partial charge in [-0.2, -0.15) is 0 Å². The van der Waals surface area contributed by atoms with Gasteiger partial charge in [-0.15, -0.1) is 0 Å². The summed E-state index contributed by atoms with van der Waals surface area (Å²) in [6.45, 7) is 4.29. The van der Waals surface area contributed by atoms with E-state index in [2.05, 4.69) is 84.3 Å². The first-order valence-corrected chi connectivity index (χ1v) is 7.55. The van der Waals surface area contributed by atoms with Crippen molar-refractivity contribution in [2.24, 2.45) is 5.84 Å². The highest BCUT2D eigenvalue weighted by atomic mass is 127. The molecule has 2 nitrogen and oxygen atoms in total. The van der Waals surface area contributed by atoms with Gasteiger partial charge in [-0.1, -0.05) is 49.4 Å². The van der Waals surface area contributed by atoms with Crippen molar-refractivity contribution in [1.82, 2.24) is 5.43 Å². The number of hydrazine groups is 1. The first-order chi connectivity index (χ1) is 9.17. The Morgan fingerprint density at radius 3 is 2.42 bits per heavy atom. The number of rotatable bonds is 4. The molecule has 2 rings (SSSR count). The van der Waals surface area contributed by atoms with Gasteiger partial charge < -0.3 is 0 Å². The molecule has 1 unspecified atom stereocenters. The van der Waals surface area contributed by atoms with E-state index in [-0.39, 0.29) is 6.04 Å². The van der Waals surface area contributed by atoms with E-state index in [1.54, 1.807) is 0 Å². The molecular formula is C16H19IN2. The van der Waals surface area contributed by atoms with Crippen molar-refractivity contribution in [3.05, 3.63) is 68.3 Å². The highest BCUT2D eigenvalue weighted by Crippen LogP contribution is 2.27. The Kier molecular flexibility index (Phi) is 4.96. The van der Waals surface area contributed by atoms with Crippen LogP contribution in [0.4, 0.5) is 0 Å². The molecular weight excluding hydrogens is 347 g/mol. The number of benzene rings is 2. The van der Waals surface area contributed by atoms with E-state index in [0.717, 1.165) is 6.42 Å². The molecule has 19 heavy (non-hydrogen) atoms. The minimum Gasteiger partial charge on any atom is -0.271 e. The monoisotopic (exact) mass is 366 g/mol. The largest absolute Gasteiger partial charge is 0.271 e. The fourth-order valence-corrected chi connectivity index (χ4v) is 2.88. The molecule has 3 heteroatoms. The van der Waals surface area contributed by atoms with Crippen LogP contribution >= 0.6 is 22.6 Å². The van der Waals surface area contributed by atoms with Crippen LogP contribution in [-0.2, 0) is 6.42 Å². The summed E-state index contributed by atoms with van der Waals surface area (Å²) in [5.74, 6) is 5.77. The van der Waals surface area contributed by atoms with E-state index in [1.807, 2.05) is 0 Å². The molecule has 0 spiro atoms. The van der Waals surface area contributed by atoms with Gasteiger partial charge in [0.25, 0.3) is 0 Å². The van der Waals surface area contributed by atoms with Crippen LogP contribution < -0.4 is 11.3 Å². The van der Waals surface area contributed by atoms with Crippen molar-refractivity contribution in [3.63, 3.8) is 0 Å². The second kappa shape index (κ2) is 6.50. The smallest absolute Gasteiger partial charge is 0.0720 e. The van der Waals surface area contributed by atoms with E-state index in [0.29, 0.717) is 0 Å². The molecule has 0 aliphatic carbocycles. The summed E-state index contributed by atoms with van der Waals surface area (Å²) in [7, 11) is 0. The summed E-state index contributed by atoms with van der Waals surface area (Å²) in [6, 6.07) is 15.0. The molecule has 0 heterocycles. The molecule has 0 radical (unpaired) electrons. The third-order valence-electron chi connectivity index (χ3n) is 3.42. The zero-order chi connectivity index (χ0) is 13.8. The van der Waals surface area contributed by atoms with Crippen LogP contribution in [0.3, 0.4) is 0 Å². The maximum absolute atomic E-state index is 5.77. The number of hydrogen-bond acceptors (Lipinski definition) is 2. The molecule has 0 aliphatic rings. The lowest BCUT2D eigenvalue weighted by atomic mass is 9.97. The summed E-state index contributed by atoms with van der Waals surface area (Å²) < 4.78 is 1.27. The second-order valence-corrected chi connectivity index (χ2v) is 5.75. The van der Waals surface area contributed by atoms with Crippen LogP contribution in [-0.4, -0.2) is 0 Å². The summed E-state index contributed by atoms with van der Waals surface area (Å²) in [5.41, 5.74) is 7.99. The Balaban J connectivity index is 2.40. The predicted molar refractivity (Wildman–Crippen MR) is 88.9 cm³/mol. The topological polar surface area (TPSA) is 38.0 Å². The molecule has 0 aromatic heterocycles. The fraction of sp³-hybridized carbons (Fsp3) is 0.250. The van der Waals surface area contributed by atoms with E-state index >= 15 is 0 Å². The van der Waals surface area contributed by atoms with Crippen molar-refractivity contribution >= 4 is 22.6 Å². The Hall–Kier alpha value is -0.910. The van der Waals surface area contributed by atoms with Crippen LogP contribution in [0.25, 0.3) is 0 Å². The quantitative estimate of drug-likeness (QED) is 0.492. The zero-order valence-electron chi connectivity index (χ0n) is 11.3. The predicted octanol–water partition coefficient (Wildman–Crippen LogP) is 3.71. The molecule has 0 bridgehead atoms. The van der Waals surface area contributed by atoms with Crippen molar-refractivity contribution in [3.8, 4) is 0 Å². The molecule has 0 aliphatic heterocycles. The third-order valence-corrected chi connectivity index (χ3v) is 4.89. The summed E-state index contributed by atoms with van der Waals surface area (Å²) in [4.78, 5) is 0.